The zero-order valence-electron chi connectivity index (χ0n) is 21.5. The molecule has 3 rings (SSSR count). The fourth-order valence-corrected chi connectivity index (χ4v) is 3.97. The third-order valence-corrected chi connectivity index (χ3v) is 5.81. The molecule has 0 bridgehead atoms. The van der Waals surface area contributed by atoms with Crippen LogP contribution in [0.5, 0.6) is 5.88 Å². The van der Waals surface area contributed by atoms with Gasteiger partial charge in [-0.05, 0) is 49.6 Å². The van der Waals surface area contributed by atoms with E-state index in [9.17, 15) is 14.4 Å². The predicted octanol–water partition coefficient (Wildman–Crippen LogP) is 2.08. The summed E-state index contributed by atoms with van der Waals surface area (Å²) >= 11 is 0. The Labute approximate surface area is 216 Å². The second kappa shape index (κ2) is 13.6. The summed E-state index contributed by atoms with van der Waals surface area (Å²) in [6.45, 7) is 7.59. The van der Waals surface area contributed by atoms with E-state index in [4.69, 9.17) is 14.6 Å². The van der Waals surface area contributed by atoms with Crippen molar-refractivity contribution in [3.8, 4) is 5.88 Å². The lowest BCUT2D eigenvalue weighted by molar-refractivity contribution is -0.140. The topological polar surface area (TPSA) is 142 Å². The summed E-state index contributed by atoms with van der Waals surface area (Å²) in [4.78, 5) is 42.1. The first kappa shape index (κ1) is 27.9. The molecule has 2 heterocycles. The van der Waals surface area contributed by atoms with Gasteiger partial charge in [-0.1, -0.05) is 19.1 Å². The number of nitrogens with zero attached hydrogens (tertiary/aromatic N) is 2. The minimum atomic E-state index is -0.890. The van der Waals surface area contributed by atoms with E-state index in [1.165, 1.54) is 0 Å². The number of hydrogen-bond acceptors (Lipinski definition) is 7. The molecule has 1 fully saturated rings. The number of anilines is 1. The Kier molecular flexibility index (Phi) is 10.2. The van der Waals surface area contributed by atoms with Crippen molar-refractivity contribution < 1.29 is 29.0 Å². The number of carboxylic acid groups (broad SMARTS) is 1. The lowest BCUT2D eigenvalue weighted by Crippen LogP contribution is -2.49. The third kappa shape index (κ3) is 9.03. The summed E-state index contributed by atoms with van der Waals surface area (Å²) in [6.07, 6.45) is 1.24. The van der Waals surface area contributed by atoms with Gasteiger partial charge >= 0.3 is 12.0 Å². The van der Waals surface area contributed by atoms with Crippen molar-refractivity contribution >= 4 is 23.6 Å². The highest BCUT2D eigenvalue weighted by Gasteiger charge is 2.23. The normalized spacial score (nSPS) is 16.5. The summed E-state index contributed by atoms with van der Waals surface area (Å²) in [5.41, 5.74) is 3.28. The maximum absolute atomic E-state index is 12.7. The van der Waals surface area contributed by atoms with Gasteiger partial charge in [-0.3, -0.25) is 14.5 Å². The molecule has 1 aromatic heterocycles. The molecule has 0 aliphatic carbocycles. The quantitative estimate of drug-likeness (QED) is 0.358. The number of aliphatic carboxylic acids is 1. The van der Waals surface area contributed by atoms with Gasteiger partial charge in [-0.25, -0.2) is 9.78 Å². The summed E-state index contributed by atoms with van der Waals surface area (Å²) < 4.78 is 11.5. The monoisotopic (exact) mass is 513 g/mol. The van der Waals surface area contributed by atoms with Crippen LogP contribution in [-0.4, -0.2) is 77.9 Å². The smallest absolute Gasteiger partial charge is 0.319 e. The second-order valence-corrected chi connectivity index (χ2v) is 9.02. The Balaban J connectivity index is 1.46. The number of aromatic nitrogens is 1. The number of aryl methyl sites for hydroxylation is 2. The summed E-state index contributed by atoms with van der Waals surface area (Å²) in [5, 5.41) is 17.4. The van der Waals surface area contributed by atoms with Crippen LogP contribution in [0.15, 0.2) is 36.5 Å². The van der Waals surface area contributed by atoms with E-state index in [2.05, 4.69) is 20.9 Å². The first-order chi connectivity index (χ1) is 17.7. The minimum absolute atomic E-state index is 0.0526. The molecular weight excluding hydrogens is 478 g/mol. The van der Waals surface area contributed by atoms with Crippen molar-refractivity contribution in [2.75, 3.05) is 38.1 Å². The van der Waals surface area contributed by atoms with Crippen LogP contribution in [-0.2, 0) is 20.9 Å². The van der Waals surface area contributed by atoms with Crippen LogP contribution in [0.4, 0.5) is 10.5 Å². The zero-order chi connectivity index (χ0) is 26.8. The molecule has 0 saturated carbocycles. The number of pyridine rings is 1. The van der Waals surface area contributed by atoms with Gasteiger partial charge in [0.2, 0.25) is 5.88 Å². The van der Waals surface area contributed by atoms with E-state index in [0.29, 0.717) is 37.7 Å². The molecule has 2 aromatic rings. The van der Waals surface area contributed by atoms with Gasteiger partial charge in [0.05, 0.1) is 19.3 Å². The minimum Gasteiger partial charge on any atom is -0.480 e. The molecule has 1 aliphatic rings. The molecule has 1 saturated heterocycles. The fraction of sp³-hybridized carbons (Fsp3) is 0.462. The Morgan fingerprint density at radius 1 is 1.24 bits per heavy atom. The molecule has 4 N–H and O–H groups in total. The number of hydrogen-bond donors (Lipinski definition) is 4. The van der Waals surface area contributed by atoms with Crippen molar-refractivity contribution in [2.45, 2.75) is 45.9 Å². The van der Waals surface area contributed by atoms with E-state index in [-0.39, 0.29) is 31.6 Å². The van der Waals surface area contributed by atoms with Gasteiger partial charge < -0.3 is 30.5 Å². The van der Waals surface area contributed by atoms with Crippen molar-refractivity contribution in [2.24, 2.45) is 0 Å². The number of rotatable bonds is 11. The molecule has 37 heavy (non-hydrogen) atoms. The molecule has 0 radical (unpaired) electrons. The SMILES string of the molecule is CC[C@@H](Oc1ncc(C)cc1C)C(=O)NCc1cccc(NC(=O)NCC2CN(CC(=O)O)CCO2)c1. The van der Waals surface area contributed by atoms with Crippen LogP contribution in [0.3, 0.4) is 0 Å². The first-order valence-electron chi connectivity index (χ1n) is 12.3. The van der Waals surface area contributed by atoms with Crippen molar-refractivity contribution in [1.29, 1.82) is 0 Å². The largest absolute Gasteiger partial charge is 0.480 e. The number of nitrogens with one attached hydrogen (secondary N) is 3. The van der Waals surface area contributed by atoms with Crippen LogP contribution in [0.2, 0.25) is 0 Å². The summed E-state index contributed by atoms with van der Waals surface area (Å²) in [5.74, 6) is -0.693. The number of amides is 3. The molecule has 200 valence electrons. The fourth-order valence-electron chi connectivity index (χ4n) is 3.97. The predicted molar refractivity (Wildman–Crippen MR) is 138 cm³/mol. The van der Waals surface area contributed by atoms with E-state index in [0.717, 1.165) is 16.7 Å². The van der Waals surface area contributed by atoms with Gasteiger partial charge in [-0.15, -0.1) is 0 Å². The Hall–Kier alpha value is -3.70. The van der Waals surface area contributed by atoms with Gasteiger partial charge in [0.1, 0.15) is 0 Å². The van der Waals surface area contributed by atoms with Crippen molar-refractivity contribution in [3.05, 3.63) is 53.2 Å². The number of morpholine rings is 1. The maximum atomic E-state index is 12.7. The summed E-state index contributed by atoms with van der Waals surface area (Å²) in [7, 11) is 0. The van der Waals surface area contributed by atoms with Crippen LogP contribution in [0.1, 0.15) is 30.0 Å². The molecule has 1 aromatic carbocycles. The average molecular weight is 514 g/mol. The molecule has 3 amide bonds. The average Bonchev–Trinajstić information content (AvgIpc) is 2.86. The molecule has 1 aliphatic heterocycles. The lowest BCUT2D eigenvalue weighted by atomic mass is 10.2. The highest BCUT2D eigenvalue weighted by Crippen LogP contribution is 2.18. The van der Waals surface area contributed by atoms with Gasteiger partial charge in [0.25, 0.3) is 5.91 Å². The zero-order valence-corrected chi connectivity index (χ0v) is 21.5. The van der Waals surface area contributed by atoms with Gasteiger partial charge in [0.15, 0.2) is 6.10 Å². The highest BCUT2D eigenvalue weighted by atomic mass is 16.5. The Bertz CT molecular complexity index is 1090. The number of urea groups is 1. The number of ether oxygens (including phenoxy) is 2. The van der Waals surface area contributed by atoms with Crippen LogP contribution < -0.4 is 20.7 Å². The number of carboxylic acids is 1. The first-order valence-corrected chi connectivity index (χ1v) is 12.3. The standard InChI is InChI=1S/C26H35N5O6/c1-4-22(37-25-18(3)10-17(2)12-28-25)24(34)27-13-19-6-5-7-20(11-19)30-26(35)29-14-21-15-31(8-9-36-21)16-23(32)33/h5-7,10-12,21-22H,4,8-9,13-16H2,1-3H3,(H,27,34)(H,32,33)(H2,29,30,35)/t21?,22-/m1/s1. The number of benzene rings is 1. The lowest BCUT2D eigenvalue weighted by Gasteiger charge is -2.31. The number of carbonyl (C=O) groups excluding carboxylic acids is 2. The van der Waals surface area contributed by atoms with E-state index in [1.54, 1.807) is 29.3 Å². The Morgan fingerprint density at radius 2 is 2.05 bits per heavy atom. The van der Waals surface area contributed by atoms with E-state index < -0.39 is 18.1 Å². The Morgan fingerprint density at radius 3 is 2.78 bits per heavy atom. The molecule has 11 heteroatoms. The molecule has 1 unspecified atom stereocenters. The highest BCUT2D eigenvalue weighted by molar-refractivity contribution is 5.89. The van der Waals surface area contributed by atoms with Crippen molar-refractivity contribution in [1.82, 2.24) is 20.5 Å². The maximum Gasteiger partial charge on any atom is 0.319 e. The van der Waals surface area contributed by atoms with Crippen molar-refractivity contribution in [3.63, 3.8) is 0 Å². The molecule has 11 nitrogen and oxygen atoms in total. The molecule has 0 spiro atoms. The van der Waals surface area contributed by atoms with Crippen LogP contribution in [0.25, 0.3) is 0 Å². The second-order valence-electron chi connectivity index (χ2n) is 9.02. The molecule has 2 atom stereocenters. The third-order valence-electron chi connectivity index (χ3n) is 5.81. The van der Waals surface area contributed by atoms with Gasteiger partial charge in [0, 0.05) is 43.6 Å². The van der Waals surface area contributed by atoms with Crippen LogP contribution in [0, 0.1) is 13.8 Å². The van der Waals surface area contributed by atoms with E-state index >= 15 is 0 Å². The van der Waals surface area contributed by atoms with E-state index in [1.807, 2.05) is 32.9 Å². The number of carbonyl (C=O) groups is 3. The summed E-state index contributed by atoms with van der Waals surface area (Å²) in [6, 6.07) is 8.72. The van der Waals surface area contributed by atoms with Gasteiger partial charge in [-0.2, -0.15) is 0 Å². The van der Waals surface area contributed by atoms with Crippen LogP contribution >= 0.6 is 0 Å². The molecular formula is C26H35N5O6.